The average Bonchev–Trinajstić information content (AvgIpc) is 3.33. The SMILES string of the molecule is COc1ccc(/C=N/Nc2nc(-c3ccc(S(=O)(=O)N4CCOCC4)cc3)cs2)cc1OC. The Hall–Kier alpha value is -2.99. The molecule has 2 heterocycles. The van der Waals surface area contributed by atoms with Gasteiger partial charge in [0.2, 0.25) is 15.2 Å². The maximum Gasteiger partial charge on any atom is 0.243 e. The predicted octanol–water partition coefficient (Wildman–Crippen LogP) is 3.29. The van der Waals surface area contributed by atoms with Gasteiger partial charge in [0.1, 0.15) is 0 Å². The van der Waals surface area contributed by atoms with Crippen LogP contribution in [-0.2, 0) is 14.8 Å². The monoisotopic (exact) mass is 488 g/mol. The molecule has 0 saturated carbocycles. The molecule has 0 radical (unpaired) electrons. The van der Waals surface area contributed by atoms with E-state index in [0.717, 1.165) is 16.8 Å². The number of aromatic nitrogens is 1. The second-order valence-electron chi connectivity index (χ2n) is 7.06. The second kappa shape index (κ2) is 10.3. The summed E-state index contributed by atoms with van der Waals surface area (Å²) in [5.74, 6) is 1.27. The average molecular weight is 489 g/mol. The smallest absolute Gasteiger partial charge is 0.243 e. The molecule has 1 saturated heterocycles. The number of ether oxygens (including phenoxy) is 3. The zero-order chi connectivity index (χ0) is 23.3. The third-order valence-corrected chi connectivity index (χ3v) is 7.70. The molecule has 1 fully saturated rings. The van der Waals surface area contributed by atoms with Gasteiger partial charge < -0.3 is 14.2 Å². The molecular weight excluding hydrogens is 464 g/mol. The van der Waals surface area contributed by atoms with Crippen LogP contribution in [0.15, 0.2) is 57.8 Å². The third-order valence-electron chi connectivity index (χ3n) is 5.04. The fraction of sp³-hybridized carbons (Fsp3) is 0.273. The van der Waals surface area contributed by atoms with Crippen molar-refractivity contribution < 1.29 is 22.6 Å². The number of thiazole rings is 1. The number of nitrogens with zero attached hydrogens (tertiary/aromatic N) is 3. The summed E-state index contributed by atoms with van der Waals surface area (Å²) in [5, 5.41) is 6.74. The number of hydrogen-bond donors (Lipinski definition) is 1. The van der Waals surface area contributed by atoms with E-state index < -0.39 is 10.0 Å². The lowest BCUT2D eigenvalue weighted by Crippen LogP contribution is -2.40. The lowest BCUT2D eigenvalue weighted by Gasteiger charge is -2.26. The summed E-state index contributed by atoms with van der Waals surface area (Å²) in [5.41, 5.74) is 5.32. The van der Waals surface area contributed by atoms with Crippen LogP contribution in [0.3, 0.4) is 0 Å². The molecular formula is C22H24N4O5S2. The summed E-state index contributed by atoms with van der Waals surface area (Å²) < 4.78 is 42.8. The van der Waals surface area contributed by atoms with Crippen LogP contribution in [0.1, 0.15) is 5.56 Å². The van der Waals surface area contributed by atoms with Gasteiger partial charge in [0.15, 0.2) is 11.5 Å². The van der Waals surface area contributed by atoms with Gasteiger partial charge in [0.25, 0.3) is 0 Å². The van der Waals surface area contributed by atoms with Crippen molar-refractivity contribution in [2.75, 3.05) is 45.9 Å². The summed E-state index contributed by atoms with van der Waals surface area (Å²) in [7, 11) is -0.347. The number of sulfonamides is 1. The quantitative estimate of drug-likeness (QED) is 0.383. The molecule has 1 aliphatic heterocycles. The minimum atomic E-state index is -3.52. The number of benzene rings is 2. The summed E-state index contributed by atoms with van der Waals surface area (Å²) in [6.45, 7) is 1.57. The minimum Gasteiger partial charge on any atom is -0.493 e. The summed E-state index contributed by atoms with van der Waals surface area (Å²) in [6, 6.07) is 12.3. The van der Waals surface area contributed by atoms with Crippen molar-refractivity contribution in [3.05, 3.63) is 53.4 Å². The maximum atomic E-state index is 12.8. The van der Waals surface area contributed by atoms with E-state index in [2.05, 4.69) is 15.5 Å². The van der Waals surface area contributed by atoms with Crippen LogP contribution in [-0.4, -0.2) is 64.4 Å². The van der Waals surface area contributed by atoms with Gasteiger partial charge in [0, 0.05) is 24.0 Å². The number of hydrogen-bond acceptors (Lipinski definition) is 9. The lowest BCUT2D eigenvalue weighted by molar-refractivity contribution is 0.0730. The second-order valence-corrected chi connectivity index (χ2v) is 9.86. The number of rotatable bonds is 8. The first-order valence-corrected chi connectivity index (χ1v) is 12.5. The summed E-state index contributed by atoms with van der Waals surface area (Å²) >= 11 is 1.40. The van der Waals surface area contributed by atoms with Crippen molar-refractivity contribution in [2.24, 2.45) is 5.10 Å². The van der Waals surface area contributed by atoms with Crippen molar-refractivity contribution >= 4 is 32.7 Å². The van der Waals surface area contributed by atoms with Crippen LogP contribution in [0.4, 0.5) is 5.13 Å². The molecule has 0 spiro atoms. The molecule has 0 unspecified atom stereocenters. The van der Waals surface area contributed by atoms with Crippen molar-refractivity contribution in [2.45, 2.75) is 4.90 Å². The number of morpholine rings is 1. The summed E-state index contributed by atoms with van der Waals surface area (Å²) in [6.07, 6.45) is 1.66. The molecule has 1 N–H and O–H groups in total. The van der Waals surface area contributed by atoms with Gasteiger partial charge in [0.05, 0.1) is 44.2 Å². The van der Waals surface area contributed by atoms with Crippen LogP contribution < -0.4 is 14.9 Å². The Morgan fingerprint density at radius 3 is 2.52 bits per heavy atom. The number of hydrazone groups is 1. The molecule has 174 valence electrons. The first-order chi connectivity index (χ1) is 16.0. The van der Waals surface area contributed by atoms with Gasteiger partial charge in [-0.1, -0.05) is 12.1 Å². The van der Waals surface area contributed by atoms with Gasteiger partial charge in [-0.25, -0.2) is 13.4 Å². The zero-order valence-corrected chi connectivity index (χ0v) is 19.9. The molecule has 1 aliphatic rings. The summed E-state index contributed by atoms with van der Waals surface area (Å²) in [4.78, 5) is 4.79. The number of anilines is 1. The van der Waals surface area contributed by atoms with Gasteiger partial charge in [-0.05, 0) is 35.9 Å². The molecule has 11 heteroatoms. The Morgan fingerprint density at radius 1 is 1.09 bits per heavy atom. The van der Waals surface area contributed by atoms with Crippen LogP contribution in [0.2, 0.25) is 0 Å². The van der Waals surface area contributed by atoms with E-state index in [1.54, 1.807) is 44.7 Å². The molecule has 4 rings (SSSR count). The van der Waals surface area contributed by atoms with E-state index in [1.165, 1.54) is 15.6 Å². The molecule has 0 aliphatic carbocycles. The normalized spacial score (nSPS) is 15.0. The van der Waals surface area contributed by atoms with E-state index in [0.29, 0.717) is 42.9 Å². The Morgan fingerprint density at radius 2 is 1.82 bits per heavy atom. The van der Waals surface area contributed by atoms with Crippen LogP contribution in [0.5, 0.6) is 11.5 Å². The number of methoxy groups -OCH3 is 2. The molecule has 33 heavy (non-hydrogen) atoms. The van der Waals surface area contributed by atoms with E-state index in [-0.39, 0.29) is 4.90 Å². The molecule has 0 bridgehead atoms. The van der Waals surface area contributed by atoms with E-state index in [1.807, 2.05) is 23.6 Å². The fourth-order valence-electron chi connectivity index (χ4n) is 3.29. The zero-order valence-electron chi connectivity index (χ0n) is 18.2. The van der Waals surface area contributed by atoms with E-state index >= 15 is 0 Å². The van der Waals surface area contributed by atoms with Gasteiger partial charge in [-0.3, -0.25) is 5.43 Å². The standard InChI is InChI=1S/C22H24N4O5S2/c1-29-20-8-3-16(13-21(20)30-2)14-23-25-22-24-19(15-32-22)17-4-6-18(7-5-17)33(27,28)26-9-11-31-12-10-26/h3-8,13-15H,9-12H2,1-2H3,(H,24,25)/b23-14+. The molecule has 1 aromatic heterocycles. The highest BCUT2D eigenvalue weighted by Gasteiger charge is 2.26. The highest BCUT2D eigenvalue weighted by Crippen LogP contribution is 2.28. The Labute approximate surface area is 196 Å². The predicted molar refractivity (Wildman–Crippen MR) is 128 cm³/mol. The molecule has 9 nitrogen and oxygen atoms in total. The Bertz CT molecular complexity index is 1220. The van der Waals surface area contributed by atoms with Gasteiger partial charge >= 0.3 is 0 Å². The minimum absolute atomic E-state index is 0.265. The van der Waals surface area contributed by atoms with Crippen LogP contribution >= 0.6 is 11.3 Å². The molecule has 0 amide bonds. The van der Waals surface area contributed by atoms with Crippen molar-refractivity contribution in [3.63, 3.8) is 0 Å². The van der Waals surface area contributed by atoms with E-state index in [9.17, 15) is 8.42 Å². The Kier molecular flexibility index (Phi) is 7.23. The van der Waals surface area contributed by atoms with E-state index in [4.69, 9.17) is 14.2 Å². The largest absolute Gasteiger partial charge is 0.493 e. The lowest BCUT2D eigenvalue weighted by atomic mass is 10.2. The van der Waals surface area contributed by atoms with Crippen LogP contribution in [0.25, 0.3) is 11.3 Å². The highest BCUT2D eigenvalue weighted by atomic mass is 32.2. The fourth-order valence-corrected chi connectivity index (χ4v) is 5.36. The molecule has 0 atom stereocenters. The van der Waals surface area contributed by atoms with Crippen molar-refractivity contribution in [1.29, 1.82) is 0 Å². The Balaban J connectivity index is 1.41. The highest BCUT2D eigenvalue weighted by molar-refractivity contribution is 7.89. The van der Waals surface area contributed by atoms with Crippen LogP contribution in [0, 0.1) is 0 Å². The molecule has 3 aromatic rings. The van der Waals surface area contributed by atoms with Gasteiger partial charge in [-0.2, -0.15) is 9.41 Å². The topological polar surface area (TPSA) is 102 Å². The third kappa shape index (κ3) is 5.33. The maximum absolute atomic E-state index is 12.8. The first kappa shape index (κ1) is 23.2. The first-order valence-electron chi connectivity index (χ1n) is 10.2. The van der Waals surface area contributed by atoms with Gasteiger partial charge in [-0.15, -0.1) is 11.3 Å². The number of nitrogens with one attached hydrogen (secondary N) is 1. The molecule has 2 aromatic carbocycles. The van der Waals surface area contributed by atoms with Crippen molar-refractivity contribution in [1.82, 2.24) is 9.29 Å². The van der Waals surface area contributed by atoms with Crippen molar-refractivity contribution in [3.8, 4) is 22.8 Å².